The first-order chi connectivity index (χ1) is 18.7. The summed E-state index contributed by atoms with van der Waals surface area (Å²) in [7, 11) is 0. The lowest BCUT2D eigenvalue weighted by Gasteiger charge is -2.40. The zero-order valence-corrected chi connectivity index (χ0v) is 21.2. The summed E-state index contributed by atoms with van der Waals surface area (Å²) < 4.78 is 101. The standard InChI is InChI=1S/C28H25F7N2O3/c1-15(17-8-18(27(30,31)32)10-19(9-17)28(33,34)35)40-24-13-37-23(26(24)16-2-4-20(29)5-3-16)12-36(14-25(37)39)21-6-7-22(38)11-21/h2-5,8-11,15,23-24,26H,6-7,12-14H2,1H3. The summed E-state index contributed by atoms with van der Waals surface area (Å²) in [5, 5.41) is 0. The molecule has 4 unspecified atom stereocenters. The van der Waals surface area contributed by atoms with Crippen LogP contribution in [-0.4, -0.2) is 53.3 Å². The molecule has 0 spiro atoms. The monoisotopic (exact) mass is 570 g/mol. The van der Waals surface area contributed by atoms with Gasteiger partial charge in [0.25, 0.3) is 0 Å². The Morgan fingerprint density at radius 1 is 0.900 bits per heavy atom. The summed E-state index contributed by atoms with van der Waals surface area (Å²) in [5.41, 5.74) is -1.87. The van der Waals surface area contributed by atoms with E-state index in [2.05, 4.69) is 0 Å². The van der Waals surface area contributed by atoms with Crippen molar-refractivity contribution in [2.75, 3.05) is 19.6 Å². The molecule has 2 heterocycles. The van der Waals surface area contributed by atoms with Crippen molar-refractivity contribution in [2.24, 2.45) is 0 Å². The quantitative estimate of drug-likeness (QED) is 0.423. The van der Waals surface area contributed by atoms with Gasteiger partial charge in [0.2, 0.25) is 5.91 Å². The number of rotatable bonds is 5. The molecule has 40 heavy (non-hydrogen) atoms. The van der Waals surface area contributed by atoms with Crippen molar-refractivity contribution >= 4 is 11.7 Å². The maximum atomic E-state index is 13.7. The van der Waals surface area contributed by atoms with Gasteiger partial charge in [-0.1, -0.05) is 12.1 Å². The average Bonchev–Trinajstić information content (AvgIpc) is 3.47. The van der Waals surface area contributed by atoms with Gasteiger partial charge in [0, 0.05) is 37.2 Å². The van der Waals surface area contributed by atoms with Crippen LogP contribution < -0.4 is 0 Å². The minimum absolute atomic E-state index is 0.0244. The van der Waals surface area contributed by atoms with E-state index in [-0.39, 0.29) is 36.4 Å². The highest BCUT2D eigenvalue weighted by atomic mass is 19.4. The zero-order chi connectivity index (χ0) is 29.0. The maximum absolute atomic E-state index is 13.7. The normalized spacial score (nSPS) is 24.4. The number of nitrogens with zero attached hydrogens (tertiary/aromatic N) is 2. The number of carbonyl (C=O) groups excluding carboxylic acids is 2. The molecule has 3 aliphatic rings. The number of halogens is 7. The lowest BCUT2D eigenvalue weighted by Crippen LogP contribution is -2.54. The van der Waals surface area contributed by atoms with Gasteiger partial charge >= 0.3 is 12.4 Å². The third kappa shape index (κ3) is 5.59. The Labute approximate surface area is 225 Å². The number of carbonyl (C=O) groups is 2. The molecule has 0 radical (unpaired) electrons. The van der Waals surface area contributed by atoms with E-state index in [0.29, 0.717) is 37.1 Å². The van der Waals surface area contributed by atoms with E-state index in [0.717, 1.165) is 5.70 Å². The number of hydrogen-bond acceptors (Lipinski definition) is 4. The van der Waals surface area contributed by atoms with Crippen molar-refractivity contribution in [3.05, 3.63) is 82.3 Å². The van der Waals surface area contributed by atoms with E-state index in [1.807, 2.05) is 4.90 Å². The molecule has 2 fully saturated rings. The summed E-state index contributed by atoms with van der Waals surface area (Å²) in [4.78, 5) is 28.4. The van der Waals surface area contributed by atoms with Crippen LogP contribution in [-0.2, 0) is 26.7 Å². The van der Waals surface area contributed by atoms with Crippen LogP contribution >= 0.6 is 0 Å². The van der Waals surface area contributed by atoms with Crippen molar-refractivity contribution in [2.45, 2.75) is 56.3 Å². The molecule has 1 aliphatic carbocycles. The topological polar surface area (TPSA) is 49.9 Å². The molecule has 2 aromatic rings. The van der Waals surface area contributed by atoms with Crippen molar-refractivity contribution < 1.29 is 45.1 Å². The highest BCUT2D eigenvalue weighted by Crippen LogP contribution is 2.43. The van der Waals surface area contributed by atoms with Crippen molar-refractivity contribution in [1.82, 2.24) is 9.80 Å². The summed E-state index contributed by atoms with van der Waals surface area (Å²) >= 11 is 0. The zero-order valence-electron chi connectivity index (χ0n) is 21.2. The lowest BCUT2D eigenvalue weighted by atomic mass is 9.88. The second kappa shape index (κ2) is 10.2. The van der Waals surface area contributed by atoms with E-state index in [4.69, 9.17) is 4.74 Å². The van der Waals surface area contributed by atoms with Crippen LogP contribution in [0.4, 0.5) is 30.7 Å². The maximum Gasteiger partial charge on any atom is 0.416 e. The van der Waals surface area contributed by atoms with Crippen LogP contribution in [0.5, 0.6) is 0 Å². The van der Waals surface area contributed by atoms with Crippen molar-refractivity contribution in [3.63, 3.8) is 0 Å². The predicted octanol–water partition coefficient (Wildman–Crippen LogP) is 5.87. The summed E-state index contributed by atoms with van der Waals surface area (Å²) in [6.45, 7) is 1.77. The Morgan fingerprint density at radius 3 is 2.08 bits per heavy atom. The molecule has 0 N–H and O–H groups in total. The first-order valence-corrected chi connectivity index (χ1v) is 12.7. The number of amides is 1. The molecule has 214 valence electrons. The number of hydrogen-bond donors (Lipinski definition) is 0. The Morgan fingerprint density at radius 2 is 1.52 bits per heavy atom. The van der Waals surface area contributed by atoms with E-state index in [9.17, 15) is 40.3 Å². The van der Waals surface area contributed by atoms with Crippen LogP contribution in [0.3, 0.4) is 0 Å². The average molecular weight is 571 g/mol. The van der Waals surface area contributed by atoms with E-state index < -0.39 is 53.5 Å². The van der Waals surface area contributed by atoms with Crippen LogP contribution in [0, 0.1) is 5.82 Å². The lowest BCUT2D eigenvalue weighted by molar-refractivity contribution is -0.143. The number of benzene rings is 2. The molecule has 2 aromatic carbocycles. The van der Waals surface area contributed by atoms with E-state index >= 15 is 0 Å². The Bertz CT molecular complexity index is 1300. The summed E-state index contributed by atoms with van der Waals surface area (Å²) in [6.07, 6.45) is -9.67. The molecule has 12 heteroatoms. The third-order valence-electron chi connectivity index (χ3n) is 7.72. The molecule has 2 aliphatic heterocycles. The van der Waals surface area contributed by atoms with Gasteiger partial charge in [0.1, 0.15) is 5.82 Å². The largest absolute Gasteiger partial charge is 0.416 e. The number of fused-ring (bicyclic) bond motifs is 1. The first-order valence-electron chi connectivity index (χ1n) is 12.7. The minimum atomic E-state index is -5.01. The molecule has 0 saturated carbocycles. The van der Waals surface area contributed by atoms with Crippen molar-refractivity contribution in [3.8, 4) is 0 Å². The van der Waals surface area contributed by atoms with Gasteiger partial charge in [-0.05, 0) is 54.8 Å². The molecule has 5 rings (SSSR count). The van der Waals surface area contributed by atoms with E-state index in [1.165, 1.54) is 37.3 Å². The first kappa shape index (κ1) is 28.1. The Balaban J connectivity index is 1.48. The number of ketones is 1. The van der Waals surface area contributed by atoms with Gasteiger partial charge in [0.15, 0.2) is 5.78 Å². The van der Waals surface area contributed by atoms with Gasteiger partial charge in [0.05, 0.1) is 35.9 Å². The fourth-order valence-electron chi connectivity index (χ4n) is 5.78. The summed E-state index contributed by atoms with van der Waals surface area (Å²) in [6, 6.07) is 6.37. The van der Waals surface area contributed by atoms with E-state index in [1.54, 1.807) is 4.90 Å². The smallest absolute Gasteiger partial charge is 0.368 e. The highest BCUT2D eigenvalue weighted by molar-refractivity contribution is 5.93. The molecule has 5 nitrogen and oxygen atoms in total. The Hall–Kier alpha value is -3.41. The number of piperazine rings is 1. The van der Waals surface area contributed by atoms with Crippen LogP contribution in [0.25, 0.3) is 0 Å². The predicted molar refractivity (Wildman–Crippen MR) is 128 cm³/mol. The van der Waals surface area contributed by atoms with Crippen LogP contribution in [0.2, 0.25) is 0 Å². The van der Waals surface area contributed by atoms with Gasteiger partial charge in [-0.2, -0.15) is 26.3 Å². The second-order valence-corrected chi connectivity index (χ2v) is 10.3. The molecule has 0 bridgehead atoms. The summed E-state index contributed by atoms with van der Waals surface area (Å²) in [5.74, 6) is -1.34. The molecule has 2 saturated heterocycles. The fraction of sp³-hybridized carbons (Fsp3) is 0.429. The molecule has 0 aromatic heterocycles. The fourth-order valence-corrected chi connectivity index (χ4v) is 5.78. The minimum Gasteiger partial charge on any atom is -0.368 e. The van der Waals surface area contributed by atoms with Gasteiger partial charge < -0.3 is 14.5 Å². The molecular formula is C28H25F7N2O3. The van der Waals surface area contributed by atoms with Gasteiger partial charge in [-0.25, -0.2) is 4.39 Å². The third-order valence-corrected chi connectivity index (χ3v) is 7.72. The number of alkyl halides is 6. The number of allylic oxidation sites excluding steroid dienone is 2. The molecular weight excluding hydrogens is 545 g/mol. The Kier molecular flexibility index (Phi) is 7.18. The van der Waals surface area contributed by atoms with Gasteiger partial charge in [-0.15, -0.1) is 0 Å². The number of ether oxygens (including phenoxy) is 1. The van der Waals surface area contributed by atoms with Gasteiger partial charge in [-0.3, -0.25) is 9.59 Å². The molecule has 4 atom stereocenters. The highest BCUT2D eigenvalue weighted by Gasteiger charge is 2.49. The molecule has 1 amide bonds. The van der Waals surface area contributed by atoms with Crippen LogP contribution in [0.1, 0.15) is 54.0 Å². The van der Waals surface area contributed by atoms with Crippen LogP contribution in [0.15, 0.2) is 54.2 Å². The SMILES string of the molecule is CC(OC1CN2C(=O)CN(C3=CC(=O)CC3)CC2C1c1ccc(F)cc1)c1cc(C(F)(F)F)cc(C(F)(F)F)c1. The van der Waals surface area contributed by atoms with Crippen molar-refractivity contribution in [1.29, 1.82) is 0 Å². The second-order valence-electron chi connectivity index (χ2n) is 10.3.